The molecule has 1 fully saturated rings. The maximum atomic E-state index is 12.2. The van der Waals surface area contributed by atoms with Gasteiger partial charge in [0.05, 0.1) is 5.56 Å². The number of carbonyl (C=O) groups excluding carboxylic acids is 1. The van der Waals surface area contributed by atoms with Gasteiger partial charge in [0.25, 0.3) is 5.91 Å². The topological polar surface area (TPSA) is 79.8 Å². The molecule has 0 aromatic carbocycles. The van der Waals surface area contributed by atoms with Gasteiger partial charge in [0, 0.05) is 23.0 Å². The smallest absolute Gasteiger partial charge is 0.259 e. The molecule has 0 atom stereocenters. The minimum atomic E-state index is -0.229. The van der Waals surface area contributed by atoms with Crippen LogP contribution >= 0.6 is 22.7 Å². The van der Waals surface area contributed by atoms with E-state index in [1.54, 1.807) is 17.8 Å². The van der Waals surface area contributed by atoms with Gasteiger partial charge in [0.15, 0.2) is 0 Å². The first-order valence-electron chi connectivity index (χ1n) is 9.07. The lowest BCUT2D eigenvalue weighted by atomic mass is 9.73. The zero-order chi connectivity index (χ0) is 18.5. The van der Waals surface area contributed by atoms with Crippen molar-refractivity contribution in [2.45, 2.75) is 37.5 Å². The SMILES string of the molecule is O=C(Nc1nncs1)c1ccc(NCC2(c3cccs3)CCCCC2)nc1. The summed E-state index contributed by atoms with van der Waals surface area (Å²) in [5.41, 5.74) is 2.28. The van der Waals surface area contributed by atoms with Crippen molar-refractivity contribution in [1.29, 1.82) is 0 Å². The molecule has 0 radical (unpaired) electrons. The van der Waals surface area contributed by atoms with Gasteiger partial charge in [0.1, 0.15) is 11.3 Å². The monoisotopic (exact) mass is 399 g/mol. The fourth-order valence-corrected chi connectivity index (χ4v) is 5.04. The first kappa shape index (κ1) is 18.1. The third kappa shape index (κ3) is 4.17. The van der Waals surface area contributed by atoms with Crippen LogP contribution in [-0.4, -0.2) is 27.6 Å². The average molecular weight is 400 g/mol. The molecule has 3 aromatic heterocycles. The van der Waals surface area contributed by atoms with E-state index in [1.807, 2.05) is 17.4 Å². The number of aromatic nitrogens is 3. The standard InChI is InChI=1S/C19H21N5OS2/c25-17(23-18-24-22-13-27-18)14-6-7-16(20-11-14)21-12-19(8-2-1-3-9-19)15-5-4-10-26-15/h4-7,10-11,13H,1-3,8-9,12H2,(H,20,21)(H,23,24,25). The number of hydrogen-bond donors (Lipinski definition) is 2. The highest BCUT2D eigenvalue weighted by Gasteiger charge is 2.34. The van der Waals surface area contributed by atoms with E-state index < -0.39 is 0 Å². The van der Waals surface area contributed by atoms with Gasteiger partial charge in [-0.1, -0.05) is 36.7 Å². The summed E-state index contributed by atoms with van der Waals surface area (Å²) in [6, 6.07) is 8.04. The average Bonchev–Trinajstić information content (AvgIpc) is 3.42. The maximum absolute atomic E-state index is 12.2. The van der Waals surface area contributed by atoms with Crippen molar-refractivity contribution in [3.05, 3.63) is 51.8 Å². The van der Waals surface area contributed by atoms with Gasteiger partial charge in [0.2, 0.25) is 5.13 Å². The molecule has 3 aromatic rings. The Labute approximate surface area is 166 Å². The van der Waals surface area contributed by atoms with Gasteiger partial charge >= 0.3 is 0 Å². The van der Waals surface area contributed by atoms with Crippen LogP contribution in [0.1, 0.15) is 47.3 Å². The van der Waals surface area contributed by atoms with E-state index in [0.29, 0.717) is 10.7 Å². The highest BCUT2D eigenvalue weighted by molar-refractivity contribution is 7.13. The maximum Gasteiger partial charge on any atom is 0.259 e. The van der Waals surface area contributed by atoms with Gasteiger partial charge in [-0.3, -0.25) is 10.1 Å². The van der Waals surface area contributed by atoms with Gasteiger partial charge in [-0.2, -0.15) is 0 Å². The highest BCUT2D eigenvalue weighted by Crippen LogP contribution is 2.41. The number of hydrogen-bond acceptors (Lipinski definition) is 7. The summed E-state index contributed by atoms with van der Waals surface area (Å²) in [6.45, 7) is 0.872. The van der Waals surface area contributed by atoms with Gasteiger partial charge in [-0.25, -0.2) is 4.98 Å². The first-order valence-corrected chi connectivity index (χ1v) is 10.8. The molecule has 27 heavy (non-hydrogen) atoms. The predicted octanol–water partition coefficient (Wildman–Crippen LogP) is 4.56. The predicted molar refractivity (Wildman–Crippen MR) is 110 cm³/mol. The van der Waals surface area contributed by atoms with Crippen molar-refractivity contribution in [1.82, 2.24) is 15.2 Å². The number of rotatable bonds is 6. The van der Waals surface area contributed by atoms with Crippen molar-refractivity contribution < 1.29 is 4.79 Å². The molecule has 2 N–H and O–H groups in total. The lowest BCUT2D eigenvalue weighted by molar-refractivity contribution is 0.102. The Bertz CT molecular complexity index is 856. The third-order valence-corrected chi connectivity index (χ3v) is 6.79. The zero-order valence-electron chi connectivity index (χ0n) is 14.9. The summed E-state index contributed by atoms with van der Waals surface area (Å²) < 4.78 is 0. The van der Waals surface area contributed by atoms with Crippen LogP contribution < -0.4 is 10.6 Å². The number of amides is 1. The summed E-state index contributed by atoms with van der Waals surface area (Å²) in [5.74, 6) is 0.567. The van der Waals surface area contributed by atoms with E-state index in [-0.39, 0.29) is 11.3 Å². The molecule has 140 valence electrons. The van der Waals surface area contributed by atoms with Crippen LogP contribution in [0.2, 0.25) is 0 Å². The van der Waals surface area contributed by atoms with E-state index >= 15 is 0 Å². The molecule has 0 spiro atoms. The fourth-order valence-electron chi connectivity index (χ4n) is 3.61. The first-order chi connectivity index (χ1) is 13.3. The highest BCUT2D eigenvalue weighted by atomic mass is 32.1. The Hall–Kier alpha value is -2.32. The Morgan fingerprint density at radius 2 is 2.04 bits per heavy atom. The summed E-state index contributed by atoms with van der Waals surface area (Å²) in [7, 11) is 0. The molecule has 8 heteroatoms. The van der Waals surface area contributed by atoms with Crippen molar-refractivity contribution >= 4 is 39.5 Å². The molecule has 1 saturated carbocycles. The zero-order valence-corrected chi connectivity index (χ0v) is 16.5. The van der Waals surface area contributed by atoms with Crippen LogP contribution in [0.25, 0.3) is 0 Å². The number of thiophene rings is 1. The normalized spacial score (nSPS) is 16.0. The fraction of sp³-hybridized carbons (Fsp3) is 0.368. The Balaban J connectivity index is 1.41. The van der Waals surface area contributed by atoms with Gasteiger partial charge in [-0.15, -0.1) is 21.5 Å². The van der Waals surface area contributed by atoms with Crippen LogP contribution in [-0.2, 0) is 5.41 Å². The van der Waals surface area contributed by atoms with E-state index in [0.717, 1.165) is 12.4 Å². The molecule has 0 aliphatic heterocycles. The Morgan fingerprint density at radius 3 is 2.70 bits per heavy atom. The van der Waals surface area contributed by atoms with E-state index in [4.69, 9.17) is 0 Å². The van der Waals surface area contributed by atoms with Crippen LogP contribution in [0, 0.1) is 0 Å². The molecular weight excluding hydrogens is 378 g/mol. The quantitative estimate of drug-likeness (QED) is 0.635. The summed E-state index contributed by atoms with van der Waals surface area (Å²) >= 11 is 3.13. The van der Waals surface area contributed by atoms with Crippen LogP contribution in [0.5, 0.6) is 0 Å². The molecule has 1 aliphatic rings. The molecule has 4 rings (SSSR count). The summed E-state index contributed by atoms with van der Waals surface area (Å²) in [6.07, 6.45) is 7.89. The second-order valence-corrected chi connectivity index (χ2v) is 8.58. The number of anilines is 2. The Kier molecular flexibility index (Phi) is 5.45. The Morgan fingerprint density at radius 1 is 1.15 bits per heavy atom. The largest absolute Gasteiger partial charge is 0.369 e. The second-order valence-electron chi connectivity index (χ2n) is 6.80. The molecule has 3 heterocycles. The third-order valence-electron chi connectivity index (χ3n) is 5.07. The van der Waals surface area contributed by atoms with Gasteiger partial charge in [-0.05, 0) is 36.4 Å². The number of carbonyl (C=O) groups is 1. The van der Waals surface area contributed by atoms with Gasteiger partial charge < -0.3 is 5.32 Å². The number of pyridine rings is 1. The molecular formula is C19H21N5OS2. The molecule has 0 unspecified atom stereocenters. The van der Waals surface area contributed by atoms with E-state index in [2.05, 4.69) is 43.3 Å². The second kappa shape index (κ2) is 8.14. The van der Waals surface area contributed by atoms with Crippen LogP contribution in [0.3, 0.4) is 0 Å². The molecule has 1 amide bonds. The van der Waals surface area contributed by atoms with E-state index in [1.165, 1.54) is 48.3 Å². The van der Waals surface area contributed by atoms with Crippen LogP contribution in [0.15, 0.2) is 41.4 Å². The molecule has 0 bridgehead atoms. The number of nitrogens with zero attached hydrogens (tertiary/aromatic N) is 3. The lowest BCUT2D eigenvalue weighted by Crippen LogP contribution is -2.36. The molecule has 6 nitrogen and oxygen atoms in total. The van der Waals surface area contributed by atoms with Crippen molar-refractivity contribution in [2.24, 2.45) is 0 Å². The minimum absolute atomic E-state index is 0.196. The number of nitrogens with one attached hydrogen (secondary N) is 2. The lowest BCUT2D eigenvalue weighted by Gasteiger charge is -2.37. The summed E-state index contributed by atoms with van der Waals surface area (Å²) in [5, 5.41) is 16.4. The summed E-state index contributed by atoms with van der Waals surface area (Å²) in [4.78, 5) is 18.1. The van der Waals surface area contributed by atoms with Crippen LogP contribution in [0.4, 0.5) is 10.9 Å². The van der Waals surface area contributed by atoms with Crippen molar-refractivity contribution in [2.75, 3.05) is 17.2 Å². The van der Waals surface area contributed by atoms with E-state index in [9.17, 15) is 4.79 Å². The minimum Gasteiger partial charge on any atom is -0.369 e. The van der Waals surface area contributed by atoms with Crippen molar-refractivity contribution in [3.8, 4) is 0 Å². The molecule has 0 saturated heterocycles. The molecule has 1 aliphatic carbocycles. The van der Waals surface area contributed by atoms with Crippen molar-refractivity contribution in [3.63, 3.8) is 0 Å².